The number of hydrogen-bond acceptors (Lipinski definition) is 3. The van der Waals surface area contributed by atoms with Gasteiger partial charge in [0.25, 0.3) is 5.91 Å². The molecular formula is C14H12ClF2N3O4. The van der Waals surface area contributed by atoms with Crippen LogP contribution in [0.1, 0.15) is 12.8 Å². The summed E-state index contributed by atoms with van der Waals surface area (Å²) in [5.74, 6) is -2.69. The molecule has 0 aromatic heterocycles. The van der Waals surface area contributed by atoms with E-state index in [4.69, 9.17) is 16.7 Å². The highest BCUT2D eigenvalue weighted by Crippen LogP contribution is 2.36. The van der Waals surface area contributed by atoms with E-state index < -0.39 is 40.7 Å². The van der Waals surface area contributed by atoms with Crippen LogP contribution in [0.25, 0.3) is 0 Å². The molecule has 3 rings (SSSR count). The third-order valence-corrected chi connectivity index (χ3v) is 4.21. The minimum absolute atomic E-state index is 0.197. The maximum absolute atomic E-state index is 14.3. The summed E-state index contributed by atoms with van der Waals surface area (Å²) in [5, 5.41) is 10.4. The first-order valence-electron chi connectivity index (χ1n) is 7.08. The first-order chi connectivity index (χ1) is 11.3. The van der Waals surface area contributed by atoms with E-state index in [-0.39, 0.29) is 18.3 Å². The summed E-state index contributed by atoms with van der Waals surface area (Å²) < 4.78 is 27.6. The number of urea groups is 1. The van der Waals surface area contributed by atoms with Gasteiger partial charge in [0.1, 0.15) is 16.9 Å². The Morgan fingerprint density at radius 3 is 2.54 bits per heavy atom. The third kappa shape index (κ3) is 2.75. The van der Waals surface area contributed by atoms with Crippen molar-refractivity contribution in [1.29, 1.82) is 0 Å². The fraction of sp³-hybridized carbons (Fsp3) is 0.357. The smallest absolute Gasteiger partial charge is 0.415 e. The van der Waals surface area contributed by atoms with E-state index in [1.807, 2.05) is 0 Å². The molecule has 1 heterocycles. The normalized spacial score (nSPS) is 20.0. The lowest BCUT2D eigenvalue weighted by atomic mass is 10.2. The van der Waals surface area contributed by atoms with Gasteiger partial charge in [-0.25, -0.2) is 23.3 Å². The number of benzene rings is 1. The molecule has 128 valence electrons. The largest absolute Gasteiger partial charge is 0.465 e. The van der Waals surface area contributed by atoms with Crippen molar-refractivity contribution in [1.82, 2.24) is 10.2 Å². The second-order valence-corrected chi connectivity index (χ2v) is 5.91. The molecule has 24 heavy (non-hydrogen) atoms. The van der Waals surface area contributed by atoms with Crippen molar-refractivity contribution < 1.29 is 28.3 Å². The van der Waals surface area contributed by atoms with Crippen LogP contribution in [0.2, 0.25) is 5.02 Å². The van der Waals surface area contributed by atoms with Crippen LogP contribution in [-0.4, -0.2) is 46.7 Å². The lowest BCUT2D eigenvalue weighted by Crippen LogP contribution is -2.47. The zero-order valence-electron chi connectivity index (χ0n) is 12.1. The van der Waals surface area contributed by atoms with Crippen molar-refractivity contribution in [2.24, 2.45) is 0 Å². The summed E-state index contributed by atoms with van der Waals surface area (Å²) in [6.45, 7) is -0.382. The van der Waals surface area contributed by atoms with Gasteiger partial charge in [-0.2, -0.15) is 0 Å². The van der Waals surface area contributed by atoms with Gasteiger partial charge >= 0.3 is 12.1 Å². The number of carbonyl (C=O) groups excluding carboxylic acids is 2. The molecule has 0 spiro atoms. The van der Waals surface area contributed by atoms with Gasteiger partial charge in [-0.15, -0.1) is 0 Å². The monoisotopic (exact) mass is 359 g/mol. The Bertz CT molecular complexity index is 741. The zero-order valence-corrected chi connectivity index (χ0v) is 12.9. The minimum Gasteiger partial charge on any atom is -0.465 e. The zero-order chi connectivity index (χ0) is 17.6. The topological polar surface area (TPSA) is 89.9 Å². The molecule has 1 atom stereocenters. The molecule has 1 aliphatic heterocycles. The van der Waals surface area contributed by atoms with E-state index in [1.54, 1.807) is 0 Å². The van der Waals surface area contributed by atoms with Crippen molar-refractivity contribution in [2.75, 3.05) is 11.4 Å². The molecule has 1 saturated carbocycles. The predicted octanol–water partition coefficient (Wildman–Crippen LogP) is 2.19. The maximum Gasteiger partial charge on any atom is 0.415 e. The number of imide groups is 1. The van der Waals surface area contributed by atoms with Crippen LogP contribution in [0.5, 0.6) is 0 Å². The number of carbonyl (C=O) groups is 3. The van der Waals surface area contributed by atoms with Gasteiger partial charge in [0.2, 0.25) is 0 Å². The van der Waals surface area contributed by atoms with Gasteiger partial charge in [-0.05, 0) is 25.0 Å². The Kier molecular flexibility index (Phi) is 4.04. The standard InChI is InChI=1S/C14H12ClF2N3O4/c15-10-7(16)3-4-9(11(10)17)20(6-1-2-6)12(21)8-5-19(14(23)24)13(22)18-8/h3-4,6,8H,1-2,5H2,(H,18,22)(H,23,24)/t8-/m0/s1. The first-order valence-corrected chi connectivity index (χ1v) is 7.46. The first kappa shape index (κ1) is 16.4. The average molecular weight is 360 g/mol. The van der Waals surface area contributed by atoms with Gasteiger partial charge in [-0.3, -0.25) is 4.79 Å². The number of anilines is 1. The van der Waals surface area contributed by atoms with Gasteiger partial charge < -0.3 is 15.3 Å². The fourth-order valence-electron chi connectivity index (χ4n) is 2.54. The third-order valence-electron chi connectivity index (χ3n) is 3.86. The average Bonchev–Trinajstić information content (AvgIpc) is 3.28. The molecular weight excluding hydrogens is 348 g/mol. The molecule has 10 heteroatoms. The predicted molar refractivity (Wildman–Crippen MR) is 78.9 cm³/mol. The summed E-state index contributed by atoms with van der Waals surface area (Å²) >= 11 is 5.56. The highest BCUT2D eigenvalue weighted by atomic mass is 35.5. The molecule has 1 aromatic carbocycles. The number of carboxylic acid groups (broad SMARTS) is 1. The van der Waals surface area contributed by atoms with Crippen molar-refractivity contribution in [3.8, 4) is 0 Å². The lowest BCUT2D eigenvalue weighted by Gasteiger charge is -2.26. The molecule has 0 unspecified atom stereocenters. The SMILES string of the molecule is O=C(O)N1C[C@@H](C(=O)N(c2ccc(F)c(Cl)c2F)C2CC2)NC1=O. The van der Waals surface area contributed by atoms with Crippen LogP contribution in [-0.2, 0) is 4.79 Å². The second-order valence-electron chi connectivity index (χ2n) is 5.53. The molecule has 0 radical (unpaired) electrons. The van der Waals surface area contributed by atoms with E-state index >= 15 is 0 Å². The van der Waals surface area contributed by atoms with Crippen LogP contribution < -0.4 is 10.2 Å². The number of rotatable bonds is 3. The van der Waals surface area contributed by atoms with Crippen LogP contribution in [0.4, 0.5) is 24.1 Å². The number of nitrogens with one attached hydrogen (secondary N) is 1. The van der Waals surface area contributed by atoms with Gasteiger partial charge in [0, 0.05) is 6.04 Å². The molecule has 1 aliphatic carbocycles. The van der Waals surface area contributed by atoms with Crippen molar-refractivity contribution in [2.45, 2.75) is 24.9 Å². The van der Waals surface area contributed by atoms with Crippen LogP contribution in [0.15, 0.2) is 12.1 Å². The highest BCUT2D eigenvalue weighted by molar-refractivity contribution is 6.31. The highest BCUT2D eigenvalue weighted by Gasteiger charge is 2.44. The summed E-state index contributed by atoms with van der Waals surface area (Å²) in [4.78, 5) is 36.7. The summed E-state index contributed by atoms with van der Waals surface area (Å²) in [5.41, 5.74) is -0.197. The van der Waals surface area contributed by atoms with E-state index in [0.717, 1.165) is 17.0 Å². The van der Waals surface area contributed by atoms with Gasteiger partial charge in [0.05, 0.1) is 12.2 Å². The summed E-state index contributed by atoms with van der Waals surface area (Å²) in [6, 6.07) is -0.324. The molecule has 7 nitrogen and oxygen atoms in total. The Labute approximate surface area is 139 Å². The quantitative estimate of drug-likeness (QED) is 0.809. The Hall–Kier alpha value is -2.42. The molecule has 1 aromatic rings. The molecule has 4 amide bonds. The van der Waals surface area contributed by atoms with Crippen LogP contribution >= 0.6 is 11.6 Å². The molecule has 0 bridgehead atoms. The van der Waals surface area contributed by atoms with Gasteiger partial charge in [-0.1, -0.05) is 11.6 Å². The summed E-state index contributed by atoms with van der Waals surface area (Å²) in [6.07, 6.45) is -0.260. The molecule has 2 aliphatic rings. The van der Waals surface area contributed by atoms with E-state index in [1.165, 1.54) is 0 Å². The molecule has 1 saturated heterocycles. The fourth-order valence-corrected chi connectivity index (χ4v) is 2.70. The lowest BCUT2D eigenvalue weighted by molar-refractivity contribution is -0.120. The van der Waals surface area contributed by atoms with Crippen molar-refractivity contribution in [3.63, 3.8) is 0 Å². The van der Waals surface area contributed by atoms with Crippen LogP contribution in [0.3, 0.4) is 0 Å². The van der Waals surface area contributed by atoms with Gasteiger partial charge in [0.15, 0.2) is 5.82 Å². The Morgan fingerprint density at radius 2 is 2.00 bits per heavy atom. The Balaban J connectivity index is 1.90. The Morgan fingerprint density at radius 1 is 1.33 bits per heavy atom. The number of amides is 4. The molecule has 2 fully saturated rings. The van der Waals surface area contributed by atoms with Crippen molar-refractivity contribution in [3.05, 3.63) is 28.8 Å². The molecule has 2 N–H and O–H groups in total. The maximum atomic E-state index is 14.3. The van der Waals surface area contributed by atoms with E-state index in [9.17, 15) is 23.2 Å². The van der Waals surface area contributed by atoms with E-state index in [0.29, 0.717) is 17.7 Å². The van der Waals surface area contributed by atoms with Crippen molar-refractivity contribution >= 4 is 35.3 Å². The number of nitrogens with zero attached hydrogens (tertiary/aromatic N) is 2. The minimum atomic E-state index is -1.49. The second kappa shape index (κ2) is 5.90. The number of hydrogen-bond donors (Lipinski definition) is 2. The van der Waals surface area contributed by atoms with E-state index in [2.05, 4.69) is 5.32 Å². The summed E-state index contributed by atoms with van der Waals surface area (Å²) in [7, 11) is 0. The van der Waals surface area contributed by atoms with Crippen LogP contribution in [0, 0.1) is 11.6 Å². The number of halogens is 3.